The number of carbonyl (C=O) groups is 2. The molecule has 1 aromatic rings. The van der Waals surface area contributed by atoms with E-state index in [1.54, 1.807) is 26.2 Å². The van der Waals surface area contributed by atoms with Crippen LogP contribution >= 0.6 is 12.4 Å². The average Bonchev–Trinajstić information content (AvgIpc) is 2.52. The predicted molar refractivity (Wildman–Crippen MR) is 97.8 cm³/mol. The molecule has 1 unspecified atom stereocenters. The van der Waals surface area contributed by atoms with Gasteiger partial charge in [0.2, 0.25) is 5.91 Å². The lowest BCUT2D eigenvalue weighted by molar-refractivity contribution is -0.137. The van der Waals surface area contributed by atoms with Gasteiger partial charge in [-0.05, 0) is 44.2 Å². The fraction of sp³-hybridized carbons (Fsp3) is 0.529. The molecule has 0 bridgehead atoms. The molecule has 1 amide bonds. The lowest BCUT2D eigenvalue weighted by Crippen LogP contribution is -2.37. The summed E-state index contributed by atoms with van der Waals surface area (Å²) in [6, 6.07) is 3.52. The van der Waals surface area contributed by atoms with E-state index >= 15 is 0 Å². The van der Waals surface area contributed by atoms with Crippen molar-refractivity contribution in [3.63, 3.8) is 0 Å². The van der Waals surface area contributed by atoms with Crippen LogP contribution in [0.1, 0.15) is 30.5 Å². The van der Waals surface area contributed by atoms with Crippen molar-refractivity contribution in [2.75, 3.05) is 34.4 Å². The Morgan fingerprint density at radius 3 is 2.32 bits per heavy atom. The molecular weight excluding hydrogens is 348 g/mol. The summed E-state index contributed by atoms with van der Waals surface area (Å²) in [6.07, 6.45) is 0.00806. The van der Waals surface area contributed by atoms with Gasteiger partial charge in [0.15, 0.2) is 11.5 Å². The number of methoxy groups -OCH3 is 2. The standard InChI is InChI=1S/C17H26N2O5.ClH/c1-11-8-14(23-4)15(24-5)9-13(11)12(2)18-16(20)10-19(3)7-6-17(21)22;/h8-9,12H,6-7,10H2,1-5H3,(H,18,20)(H,21,22);1H. The maximum absolute atomic E-state index is 12.1. The Bertz CT molecular complexity index is 595. The molecule has 1 aromatic carbocycles. The quantitative estimate of drug-likeness (QED) is 0.687. The van der Waals surface area contributed by atoms with E-state index in [4.69, 9.17) is 14.6 Å². The summed E-state index contributed by atoms with van der Waals surface area (Å²) in [5.74, 6) is 0.213. The normalized spacial score (nSPS) is 11.4. The van der Waals surface area contributed by atoms with E-state index < -0.39 is 5.97 Å². The van der Waals surface area contributed by atoms with Gasteiger partial charge in [0.1, 0.15) is 0 Å². The number of carboxylic acid groups (broad SMARTS) is 1. The summed E-state index contributed by atoms with van der Waals surface area (Å²) in [6.45, 7) is 4.30. The number of hydrogen-bond donors (Lipinski definition) is 2. The van der Waals surface area contributed by atoms with Gasteiger partial charge in [-0.2, -0.15) is 0 Å². The maximum Gasteiger partial charge on any atom is 0.304 e. The Hall–Kier alpha value is -1.99. The van der Waals surface area contributed by atoms with Crippen molar-refractivity contribution in [2.45, 2.75) is 26.3 Å². The third kappa shape index (κ3) is 7.19. The van der Waals surface area contributed by atoms with Crippen LogP contribution in [0.15, 0.2) is 12.1 Å². The van der Waals surface area contributed by atoms with Gasteiger partial charge in [0, 0.05) is 6.54 Å². The summed E-state index contributed by atoms with van der Waals surface area (Å²) in [4.78, 5) is 24.3. The molecule has 1 rings (SSSR count). The number of ether oxygens (including phenoxy) is 2. The number of benzene rings is 1. The highest BCUT2D eigenvalue weighted by atomic mass is 35.5. The smallest absolute Gasteiger partial charge is 0.304 e. The van der Waals surface area contributed by atoms with Crippen molar-refractivity contribution in [3.8, 4) is 11.5 Å². The number of nitrogens with zero attached hydrogens (tertiary/aromatic N) is 1. The molecule has 25 heavy (non-hydrogen) atoms. The molecule has 0 aliphatic carbocycles. The van der Waals surface area contributed by atoms with Crippen LogP contribution in [0.2, 0.25) is 0 Å². The number of likely N-dealkylation sites (N-methyl/N-ethyl adjacent to an activating group) is 1. The second kappa shape index (κ2) is 10.8. The monoisotopic (exact) mass is 374 g/mol. The largest absolute Gasteiger partial charge is 0.493 e. The Morgan fingerprint density at radius 1 is 1.24 bits per heavy atom. The number of nitrogens with one attached hydrogen (secondary N) is 1. The van der Waals surface area contributed by atoms with Crippen LogP contribution in [-0.2, 0) is 9.59 Å². The van der Waals surface area contributed by atoms with Gasteiger partial charge in [0.05, 0.1) is 33.2 Å². The highest BCUT2D eigenvalue weighted by Crippen LogP contribution is 2.32. The molecule has 7 nitrogen and oxygen atoms in total. The molecule has 0 spiro atoms. The first kappa shape index (κ1) is 23.0. The molecule has 8 heteroatoms. The first-order valence-electron chi connectivity index (χ1n) is 7.70. The molecule has 0 radical (unpaired) electrons. The first-order valence-corrected chi connectivity index (χ1v) is 7.70. The third-order valence-corrected chi connectivity index (χ3v) is 3.74. The molecule has 2 N–H and O–H groups in total. The van der Waals surface area contributed by atoms with Gasteiger partial charge in [-0.15, -0.1) is 12.4 Å². The van der Waals surface area contributed by atoms with Crippen LogP contribution in [0.25, 0.3) is 0 Å². The van der Waals surface area contributed by atoms with E-state index in [2.05, 4.69) is 5.32 Å². The van der Waals surface area contributed by atoms with Crippen molar-refractivity contribution in [1.29, 1.82) is 0 Å². The second-order valence-electron chi connectivity index (χ2n) is 5.73. The van der Waals surface area contributed by atoms with Gasteiger partial charge in [0.25, 0.3) is 0 Å². The number of carboxylic acids is 1. The minimum absolute atomic E-state index is 0. The molecule has 0 heterocycles. The average molecular weight is 375 g/mol. The molecule has 0 saturated carbocycles. The van der Waals surface area contributed by atoms with E-state index in [9.17, 15) is 9.59 Å². The molecule has 0 fully saturated rings. The Balaban J connectivity index is 0.00000576. The second-order valence-corrected chi connectivity index (χ2v) is 5.73. The number of hydrogen-bond acceptors (Lipinski definition) is 5. The van der Waals surface area contributed by atoms with Crippen LogP contribution in [0, 0.1) is 6.92 Å². The Morgan fingerprint density at radius 2 is 1.80 bits per heavy atom. The Labute approximate surface area is 154 Å². The number of aryl methyl sites for hydroxylation is 1. The summed E-state index contributed by atoms with van der Waals surface area (Å²) in [5, 5.41) is 11.6. The zero-order valence-electron chi connectivity index (χ0n) is 15.3. The molecule has 0 aliphatic rings. The fourth-order valence-corrected chi connectivity index (χ4v) is 2.44. The van der Waals surface area contributed by atoms with Crippen molar-refractivity contribution >= 4 is 24.3 Å². The highest BCUT2D eigenvalue weighted by molar-refractivity contribution is 5.85. The van der Waals surface area contributed by atoms with Crippen molar-refractivity contribution < 1.29 is 24.2 Å². The zero-order chi connectivity index (χ0) is 18.3. The molecule has 0 aliphatic heterocycles. The Kier molecular flexibility index (Phi) is 9.93. The molecule has 0 saturated heterocycles. The van der Waals surface area contributed by atoms with Crippen molar-refractivity contribution in [1.82, 2.24) is 10.2 Å². The van der Waals surface area contributed by atoms with Gasteiger partial charge < -0.3 is 19.9 Å². The zero-order valence-corrected chi connectivity index (χ0v) is 16.1. The van der Waals surface area contributed by atoms with E-state index in [0.717, 1.165) is 11.1 Å². The highest BCUT2D eigenvalue weighted by Gasteiger charge is 2.16. The van der Waals surface area contributed by atoms with Crippen LogP contribution in [0.4, 0.5) is 0 Å². The van der Waals surface area contributed by atoms with E-state index in [0.29, 0.717) is 18.0 Å². The summed E-state index contributed by atoms with van der Waals surface area (Å²) in [5.41, 5.74) is 1.92. The maximum atomic E-state index is 12.1. The number of rotatable bonds is 9. The number of carbonyl (C=O) groups excluding carboxylic acids is 1. The summed E-state index contributed by atoms with van der Waals surface area (Å²) >= 11 is 0. The minimum atomic E-state index is -0.878. The SMILES string of the molecule is COc1cc(C)c(C(C)NC(=O)CN(C)CCC(=O)O)cc1OC.Cl. The number of amides is 1. The van der Waals surface area contributed by atoms with Crippen LogP contribution in [0.5, 0.6) is 11.5 Å². The van der Waals surface area contributed by atoms with Gasteiger partial charge in [-0.1, -0.05) is 0 Å². The van der Waals surface area contributed by atoms with Gasteiger partial charge in [-0.25, -0.2) is 0 Å². The van der Waals surface area contributed by atoms with Crippen LogP contribution < -0.4 is 14.8 Å². The fourth-order valence-electron chi connectivity index (χ4n) is 2.44. The molecule has 1 atom stereocenters. The number of aliphatic carboxylic acids is 1. The lowest BCUT2D eigenvalue weighted by Gasteiger charge is -2.21. The third-order valence-electron chi connectivity index (χ3n) is 3.74. The predicted octanol–water partition coefficient (Wildman–Crippen LogP) is 2.02. The summed E-state index contributed by atoms with van der Waals surface area (Å²) in [7, 11) is 4.86. The minimum Gasteiger partial charge on any atom is -0.493 e. The van der Waals surface area contributed by atoms with Gasteiger partial charge in [-0.3, -0.25) is 14.5 Å². The van der Waals surface area contributed by atoms with E-state index in [1.165, 1.54) is 0 Å². The topological polar surface area (TPSA) is 88.1 Å². The van der Waals surface area contributed by atoms with E-state index in [1.807, 2.05) is 26.0 Å². The first-order chi connectivity index (χ1) is 11.3. The summed E-state index contributed by atoms with van der Waals surface area (Å²) < 4.78 is 10.6. The van der Waals surface area contributed by atoms with Gasteiger partial charge >= 0.3 is 5.97 Å². The van der Waals surface area contributed by atoms with Crippen LogP contribution in [0.3, 0.4) is 0 Å². The lowest BCUT2D eigenvalue weighted by atomic mass is 10.0. The molecule has 0 aromatic heterocycles. The van der Waals surface area contributed by atoms with E-state index in [-0.39, 0.29) is 37.3 Å². The van der Waals surface area contributed by atoms with Crippen molar-refractivity contribution in [2.24, 2.45) is 0 Å². The number of halogens is 1. The molecular formula is C17H27ClN2O5. The van der Waals surface area contributed by atoms with Crippen LogP contribution in [-0.4, -0.2) is 56.2 Å². The van der Waals surface area contributed by atoms with Crippen molar-refractivity contribution in [3.05, 3.63) is 23.3 Å². The molecule has 142 valence electrons.